The van der Waals surface area contributed by atoms with E-state index in [4.69, 9.17) is 9.15 Å². The predicted octanol–water partition coefficient (Wildman–Crippen LogP) is 11.3. The van der Waals surface area contributed by atoms with Crippen LogP contribution in [-0.4, -0.2) is 23.1 Å². The van der Waals surface area contributed by atoms with Gasteiger partial charge in [-0.1, -0.05) is 137 Å². The number of ether oxygens (including phenoxy) is 1. The number of carbonyl (C=O) groups excluding carboxylic acids is 1. The molecule has 0 saturated heterocycles. The highest BCUT2D eigenvalue weighted by Gasteiger charge is 2.22. The molecule has 0 unspecified atom stereocenters. The Hall–Kier alpha value is -2.37. The van der Waals surface area contributed by atoms with Gasteiger partial charge in [0.15, 0.2) is 5.78 Å². The molecule has 1 aromatic heterocycles. The number of alkyl halides is 2. The largest absolute Gasteiger partial charge is 0.493 e. The van der Waals surface area contributed by atoms with E-state index in [1.54, 1.807) is 0 Å². The van der Waals surface area contributed by atoms with Crippen molar-refractivity contribution in [3.63, 3.8) is 0 Å². The van der Waals surface area contributed by atoms with Crippen LogP contribution in [0.1, 0.15) is 92.3 Å². The Morgan fingerprint density at radius 2 is 1.27 bits per heavy atom. The molecule has 0 radical (unpaired) electrons. The van der Waals surface area contributed by atoms with Crippen molar-refractivity contribution in [2.75, 3.05) is 17.3 Å². The number of aryl methyl sites for hydroxylation is 1. The lowest BCUT2D eigenvalue weighted by Crippen LogP contribution is -2.06. The molecule has 0 aliphatic rings. The van der Waals surface area contributed by atoms with Crippen LogP contribution >= 0.6 is 31.9 Å². The second kappa shape index (κ2) is 17.6. The van der Waals surface area contributed by atoms with Gasteiger partial charge in [0.05, 0.1) is 12.2 Å². The number of benzene rings is 3. The van der Waals surface area contributed by atoms with Crippen LogP contribution in [0.25, 0.3) is 22.1 Å². The smallest absolute Gasteiger partial charge is 0.196 e. The Labute approximate surface area is 262 Å². The third kappa shape index (κ3) is 9.31. The fourth-order valence-corrected chi connectivity index (χ4v) is 6.10. The summed E-state index contributed by atoms with van der Waals surface area (Å²) in [5, 5.41) is 3.16. The molecule has 3 nitrogen and oxygen atoms in total. The number of halogens is 2. The van der Waals surface area contributed by atoms with Gasteiger partial charge >= 0.3 is 0 Å². The van der Waals surface area contributed by atoms with Crippen LogP contribution < -0.4 is 4.74 Å². The number of fused-ring (bicyclic) bond motifs is 1. The van der Waals surface area contributed by atoms with Crippen molar-refractivity contribution in [1.29, 1.82) is 0 Å². The van der Waals surface area contributed by atoms with Gasteiger partial charge in [0.2, 0.25) is 0 Å². The lowest BCUT2D eigenvalue weighted by molar-refractivity contribution is 0.103. The van der Waals surface area contributed by atoms with E-state index in [1.807, 2.05) is 48.5 Å². The highest BCUT2D eigenvalue weighted by atomic mass is 79.9. The summed E-state index contributed by atoms with van der Waals surface area (Å²) < 4.78 is 12.9. The summed E-state index contributed by atoms with van der Waals surface area (Å²) in [6.45, 7) is 0.596. The first kappa shape index (κ1) is 31.6. The highest BCUT2D eigenvalue weighted by Crippen LogP contribution is 2.40. The Kier molecular flexibility index (Phi) is 13.5. The normalized spacial score (nSPS) is 11.3. The molecule has 3 aromatic carbocycles. The summed E-state index contributed by atoms with van der Waals surface area (Å²) in [6, 6.07) is 23.9. The molecule has 41 heavy (non-hydrogen) atoms. The Morgan fingerprint density at radius 3 is 1.93 bits per heavy atom. The molecule has 0 saturated carbocycles. The van der Waals surface area contributed by atoms with Gasteiger partial charge in [0, 0.05) is 33.6 Å². The van der Waals surface area contributed by atoms with Crippen LogP contribution in [0, 0.1) is 0 Å². The van der Waals surface area contributed by atoms with Crippen LogP contribution in [0.15, 0.2) is 77.2 Å². The first-order chi connectivity index (χ1) is 20.2. The van der Waals surface area contributed by atoms with Crippen molar-refractivity contribution in [1.82, 2.24) is 0 Å². The van der Waals surface area contributed by atoms with Crippen molar-refractivity contribution in [3.05, 3.63) is 89.7 Å². The van der Waals surface area contributed by atoms with Crippen molar-refractivity contribution in [2.24, 2.45) is 0 Å². The minimum Gasteiger partial charge on any atom is -0.493 e. The fourth-order valence-electron chi connectivity index (χ4n) is 5.31. The van der Waals surface area contributed by atoms with Gasteiger partial charge in [-0.3, -0.25) is 4.79 Å². The molecule has 0 aliphatic carbocycles. The average molecular weight is 683 g/mol. The molecule has 0 bridgehead atoms. The quantitative estimate of drug-likeness (QED) is 0.0561. The summed E-state index contributed by atoms with van der Waals surface area (Å²) in [7, 11) is 0. The maximum Gasteiger partial charge on any atom is 0.196 e. The number of ketones is 1. The van der Waals surface area contributed by atoms with Gasteiger partial charge in [-0.15, -0.1) is 0 Å². The molecule has 1 heterocycles. The number of rotatable bonds is 19. The summed E-state index contributed by atoms with van der Waals surface area (Å²) >= 11 is 7.04. The zero-order valence-corrected chi connectivity index (χ0v) is 27.2. The second-order valence-corrected chi connectivity index (χ2v) is 12.3. The van der Waals surface area contributed by atoms with Crippen LogP contribution in [0.5, 0.6) is 5.75 Å². The summed E-state index contributed by atoms with van der Waals surface area (Å²) in [5.74, 6) is 1.60. The maximum atomic E-state index is 13.7. The van der Waals surface area contributed by atoms with Gasteiger partial charge in [-0.25, -0.2) is 0 Å². The zero-order valence-electron chi connectivity index (χ0n) is 24.0. The molecule has 0 N–H and O–H groups in total. The van der Waals surface area contributed by atoms with E-state index in [-0.39, 0.29) is 5.78 Å². The third-order valence-electron chi connectivity index (χ3n) is 7.53. The topological polar surface area (TPSA) is 39.4 Å². The van der Waals surface area contributed by atoms with Crippen molar-refractivity contribution < 1.29 is 13.9 Å². The van der Waals surface area contributed by atoms with Crippen molar-refractivity contribution >= 4 is 48.6 Å². The van der Waals surface area contributed by atoms with Gasteiger partial charge in [-0.2, -0.15) is 0 Å². The lowest BCUT2D eigenvalue weighted by atomic mass is 9.96. The molecule has 0 spiro atoms. The van der Waals surface area contributed by atoms with Gasteiger partial charge in [0.1, 0.15) is 17.1 Å². The highest BCUT2D eigenvalue weighted by molar-refractivity contribution is 9.09. The van der Waals surface area contributed by atoms with E-state index in [0.29, 0.717) is 23.5 Å². The van der Waals surface area contributed by atoms with Crippen LogP contribution in [-0.2, 0) is 6.42 Å². The Balaban J connectivity index is 1.62. The van der Waals surface area contributed by atoms with Crippen LogP contribution in [0.2, 0.25) is 0 Å². The van der Waals surface area contributed by atoms with Gasteiger partial charge < -0.3 is 9.15 Å². The number of unbranched alkanes of at least 4 members (excludes halogenated alkanes) is 9. The maximum absolute atomic E-state index is 13.7. The average Bonchev–Trinajstić information content (AvgIpc) is 3.37. The van der Waals surface area contributed by atoms with Crippen LogP contribution in [0.4, 0.5) is 0 Å². The standard InChI is InChI=1S/C36H42Br2O3/c37-23-15-5-1-2-7-17-25-40-33-26-30-34(27-31(33)36(39)29-20-12-9-13-21-29)41-32(22-14-4-3-6-16-24-38)35(30)28-18-10-8-11-19-28/h8-13,18-21,26-27H,1-7,14-17,22-25H2. The zero-order chi connectivity index (χ0) is 28.7. The molecule has 0 fully saturated rings. The van der Waals surface area contributed by atoms with E-state index in [9.17, 15) is 4.79 Å². The van der Waals surface area contributed by atoms with E-state index in [1.165, 1.54) is 51.4 Å². The molecule has 0 aliphatic heterocycles. The van der Waals surface area contributed by atoms with Gasteiger partial charge in [0.25, 0.3) is 0 Å². The minimum absolute atomic E-state index is 0.0386. The van der Waals surface area contributed by atoms with Crippen molar-refractivity contribution in [2.45, 2.75) is 77.0 Å². The number of hydrogen-bond donors (Lipinski definition) is 0. The Morgan fingerprint density at radius 1 is 0.683 bits per heavy atom. The monoisotopic (exact) mass is 680 g/mol. The SMILES string of the molecule is O=C(c1ccccc1)c1cc2oc(CCCCCCCBr)c(-c3ccccc3)c2cc1OCCCCCCCCBr. The Bertz CT molecular complexity index is 1330. The third-order valence-corrected chi connectivity index (χ3v) is 8.65. The molecule has 0 atom stereocenters. The van der Waals surface area contributed by atoms with E-state index >= 15 is 0 Å². The predicted molar refractivity (Wildman–Crippen MR) is 179 cm³/mol. The molecular formula is C36H42Br2O3. The molecule has 4 aromatic rings. The summed E-state index contributed by atoms with van der Waals surface area (Å²) in [5.41, 5.74) is 4.22. The lowest BCUT2D eigenvalue weighted by Gasteiger charge is -2.12. The second-order valence-electron chi connectivity index (χ2n) is 10.7. The minimum atomic E-state index is -0.0386. The van der Waals surface area contributed by atoms with E-state index < -0.39 is 0 Å². The summed E-state index contributed by atoms with van der Waals surface area (Å²) in [4.78, 5) is 13.7. The molecular weight excluding hydrogens is 640 g/mol. The van der Waals surface area contributed by atoms with Crippen LogP contribution in [0.3, 0.4) is 0 Å². The number of furan rings is 1. The number of carbonyl (C=O) groups is 1. The van der Waals surface area contributed by atoms with E-state index in [2.05, 4.69) is 56.1 Å². The molecule has 5 heteroatoms. The molecule has 4 rings (SSSR count). The summed E-state index contributed by atoms with van der Waals surface area (Å²) in [6.07, 6.45) is 13.9. The first-order valence-corrected chi connectivity index (χ1v) is 17.5. The molecule has 0 amide bonds. The first-order valence-electron chi connectivity index (χ1n) is 15.2. The van der Waals surface area contributed by atoms with Gasteiger partial charge in [-0.05, 0) is 43.4 Å². The number of hydrogen-bond acceptors (Lipinski definition) is 3. The van der Waals surface area contributed by atoms with E-state index in [0.717, 1.165) is 64.2 Å². The molecule has 218 valence electrons. The van der Waals surface area contributed by atoms with Crippen molar-refractivity contribution in [3.8, 4) is 16.9 Å². The fraction of sp³-hybridized carbons (Fsp3) is 0.417.